The Hall–Kier alpha value is -2.34. The average Bonchev–Trinajstić information content (AvgIpc) is 3.27. The molecule has 33 heavy (non-hydrogen) atoms. The summed E-state index contributed by atoms with van der Waals surface area (Å²) in [5, 5.41) is 2.80. The second-order valence-electron chi connectivity index (χ2n) is 8.61. The number of rotatable bonds is 5. The van der Waals surface area contributed by atoms with Gasteiger partial charge in [0.05, 0.1) is 16.1 Å². The fraction of sp³-hybridized carbons (Fsp3) is 0.308. The van der Waals surface area contributed by atoms with Crippen LogP contribution in [0, 0.1) is 6.92 Å². The monoisotopic (exact) mass is 500 g/mol. The minimum absolute atomic E-state index is 0.00141. The zero-order valence-corrected chi connectivity index (χ0v) is 21.2. The number of benzene rings is 2. The van der Waals surface area contributed by atoms with E-state index in [1.54, 1.807) is 34.4 Å². The Morgan fingerprint density at radius 1 is 1.09 bits per heavy atom. The largest absolute Gasteiger partial charge is 0.330 e. The number of amides is 2. The van der Waals surface area contributed by atoms with E-state index in [1.165, 1.54) is 16.0 Å². The predicted molar refractivity (Wildman–Crippen MR) is 135 cm³/mol. The molecule has 2 aromatic carbocycles. The topological polar surface area (TPSA) is 40.6 Å². The number of thiophene rings is 1. The van der Waals surface area contributed by atoms with Gasteiger partial charge in [-0.25, -0.2) is 0 Å². The first kappa shape index (κ1) is 23.8. The van der Waals surface area contributed by atoms with Crippen molar-refractivity contribution in [2.45, 2.75) is 39.3 Å². The maximum Gasteiger partial charge on any atom is 0.254 e. The smallest absolute Gasteiger partial charge is 0.254 e. The first-order valence-corrected chi connectivity index (χ1v) is 12.6. The molecule has 0 radical (unpaired) electrons. The van der Waals surface area contributed by atoms with E-state index in [0.29, 0.717) is 22.2 Å². The van der Waals surface area contributed by atoms with E-state index in [1.807, 2.05) is 18.7 Å². The highest BCUT2D eigenvalue weighted by molar-refractivity contribution is 7.10. The molecular weight excluding hydrogens is 475 g/mol. The molecule has 0 aliphatic carbocycles. The normalized spacial score (nSPS) is 15.5. The number of nitrogens with zero attached hydrogens (tertiary/aromatic N) is 2. The SMILES string of the molecule is Cc1ccc(C2c3ccsc3CCN2C(=O)CN(C(=O)c2ccc(Cl)c(Cl)c2)C(C)C)cc1. The first-order valence-electron chi connectivity index (χ1n) is 10.9. The molecule has 1 aliphatic heterocycles. The van der Waals surface area contributed by atoms with E-state index in [2.05, 4.69) is 42.6 Å². The minimum atomic E-state index is -0.239. The number of halogens is 2. The molecule has 1 unspecified atom stereocenters. The van der Waals surface area contributed by atoms with Gasteiger partial charge in [-0.2, -0.15) is 0 Å². The van der Waals surface area contributed by atoms with Crippen LogP contribution in [0.1, 0.15) is 51.8 Å². The van der Waals surface area contributed by atoms with Gasteiger partial charge in [0.25, 0.3) is 5.91 Å². The van der Waals surface area contributed by atoms with Gasteiger partial charge in [-0.3, -0.25) is 9.59 Å². The summed E-state index contributed by atoms with van der Waals surface area (Å²) in [6, 6.07) is 14.9. The highest BCUT2D eigenvalue weighted by atomic mass is 35.5. The van der Waals surface area contributed by atoms with Crippen molar-refractivity contribution < 1.29 is 9.59 Å². The summed E-state index contributed by atoms with van der Waals surface area (Å²) >= 11 is 13.9. The van der Waals surface area contributed by atoms with Crippen LogP contribution >= 0.6 is 34.5 Å². The Morgan fingerprint density at radius 2 is 1.82 bits per heavy atom. The molecule has 4 nitrogen and oxygen atoms in total. The van der Waals surface area contributed by atoms with Crippen LogP contribution in [0.5, 0.6) is 0 Å². The van der Waals surface area contributed by atoms with E-state index in [0.717, 1.165) is 12.0 Å². The summed E-state index contributed by atoms with van der Waals surface area (Å²) in [5.41, 5.74) is 3.85. The maximum atomic E-state index is 13.6. The Balaban J connectivity index is 1.62. The quantitative estimate of drug-likeness (QED) is 0.407. The van der Waals surface area contributed by atoms with Crippen LogP contribution in [-0.4, -0.2) is 40.7 Å². The zero-order valence-electron chi connectivity index (χ0n) is 18.8. The molecule has 0 bridgehead atoms. The molecular formula is C26H26Cl2N2O2S. The fourth-order valence-electron chi connectivity index (χ4n) is 4.21. The van der Waals surface area contributed by atoms with E-state index in [4.69, 9.17) is 23.2 Å². The molecule has 0 fully saturated rings. The summed E-state index contributed by atoms with van der Waals surface area (Å²) in [6.07, 6.45) is 0.823. The lowest BCUT2D eigenvalue weighted by molar-refractivity contribution is -0.134. The van der Waals surface area contributed by atoms with Crippen molar-refractivity contribution >= 4 is 46.4 Å². The van der Waals surface area contributed by atoms with Crippen LogP contribution in [0.4, 0.5) is 0 Å². The number of hydrogen-bond donors (Lipinski definition) is 0. The van der Waals surface area contributed by atoms with Gasteiger partial charge in [0.1, 0.15) is 6.54 Å². The van der Waals surface area contributed by atoms with Crippen LogP contribution in [-0.2, 0) is 11.2 Å². The first-order chi connectivity index (χ1) is 15.8. The van der Waals surface area contributed by atoms with Crippen molar-refractivity contribution in [3.8, 4) is 0 Å². The molecule has 2 heterocycles. The maximum absolute atomic E-state index is 13.6. The summed E-state index contributed by atoms with van der Waals surface area (Å²) in [4.78, 5) is 31.7. The molecule has 4 rings (SSSR count). The molecule has 2 amide bonds. The predicted octanol–water partition coefficient (Wildman–Crippen LogP) is 6.39. The third-order valence-electron chi connectivity index (χ3n) is 6.04. The molecule has 0 saturated heterocycles. The number of carbonyl (C=O) groups is 2. The number of carbonyl (C=O) groups excluding carboxylic acids is 2. The average molecular weight is 501 g/mol. The van der Waals surface area contributed by atoms with Crippen molar-refractivity contribution in [3.05, 3.63) is 91.1 Å². The Morgan fingerprint density at radius 3 is 2.48 bits per heavy atom. The van der Waals surface area contributed by atoms with Gasteiger partial charge in [-0.1, -0.05) is 53.0 Å². The van der Waals surface area contributed by atoms with Gasteiger partial charge < -0.3 is 9.80 Å². The van der Waals surface area contributed by atoms with Gasteiger partial charge in [0.15, 0.2) is 0 Å². The number of hydrogen-bond acceptors (Lipinski definition) is 3. The fourth-order valence-corrected chi connectivity index (χ4v) is 5.42. The lowest BCUT2D eigenvalue weighted by Crippen LogP contribution is -2.48. The highest BCUT2D eigenvalue weighted by Crippen LogP contribution is 2.38. The van der Waals surface area contributed by atoms with Crippen molar-refractivity contribution in [2.75, 3.05) is 13.1 Å². The molecule has 3 aromatic rings. The molecule has 0 spiro atoms. The molecule has 1 aliphatic rings. The second kappa shape index (κ2) is 9.88. The minimum Gasteiger partial charge on any atom is -0.330 e. The van der Waals surface area contributed by atoms with Gasteiger partial charge in [0.2, 0.25) is 5.91 Å². The van der Waals surface area contributed by atoms with Crippen LogP contribution in [0.15, 0.2) is 53.9 Å². The lowest BCUT2D eigenvalue weighted by Gasteiger charge is -2.38. The standard InChI is InChI=1S/C26H26Cl2N2O2S/c1-16(2)30(26(32)19-8-9-21(27)22(28)14-19)15-24(31)29-12-10-23-20(11-13-33-23)25(29)18-6-4-17(3)5-7-18/h4-9,11,13-14,16,25H,10,12,15H2,1-3H3. The lowest BCUT2D eigenvalue weighted by atomic mass is 9.92. The zero-order chi connectivity index (χ0) is 23.7. The van der Waals surface area contributed by atoms with Gasteiger partial charge in [0, 0.05) is 23.0 Å². The van der Waals surface area contributed by atoms with Crippen molar-refractivity contribution in [1.29, 1.82) is 0 Å². The Kier molecular flexibility index (Phi) is 7.13. The summed E-state index contributed by atoms with van der Waals surface area (Å²) in [5.74, 6) is -0.309. The highest BCUT2D eigenvalue weighted by Gasteiger charge is 2.34. The van der Waals surface area contributed by atoms with Gasteiger partial charge in [-0.05, 0) is 68.0 Å². The molecule has 0 saturated carbocycles. The Bertz CT molecular complexity index is 1170. The van der Waals surface area contributed by atoms with Crippen molar-refractivity contribution in [2.24, 2.45) is 0 Å². The summed E-state index contributed by atoms with van der Waals surface area (Å²) in [7, 11) is 0. The second-order valence-corrected chi connectivity index (χ2v) is 10.4. The third-order valence-corrected chi connectivity index (χ3v) is 7.77. The van der Waals surface area contributed by atoms with E-state index < -0.39 is 0 Å². The van der Waals surface area contributed by atoms with E-state index >= 15 is 0 Å². The summed E-state index contributed by atoms with van der Waals surface area (Å²) in [6.45, 7) is 6.50. The van der Waals surface area contributed by atoms with Gasteiger partial charge >= 0.3 is 0 Å². The molecule has 172 valence electrons. The van der Waals surface area contributed by atoms with Crippen molar-refractivity contribution in [1.82, 2.24) is 9.80 Å². The molecule has 0 N–H and O–H groups in total. The van der Waals surface area contributed by atoms with Crippen LogP contribution in [0.2, 0.25) is 10.0 Å². The molecule has 1 aromatic heterocycles. The van der Waals surface area contributed by atoms with Gasteiger partial charge in [-0.15, -0.1) is 11.3 Å². The number of fused-ring (bicyclic) bond motifs is 1. The number of aryl methyl sites for hydroxylation is 1. The van der Waals surface area contributed by atoms with E-state index in [-0.39, 0.29) is 30.4 Å². The van der Waals surface area contributed by atoms with Crippen molar-refractivity contribution in [3.63, 3.8) is 0 Å². The van der Waals surface area contributed by atoms with E-state index in [9.17, 15) is 9.59 Å². The van der Waals surface area contributed by atoms with Crippen LogP contribution in [0.25, 0.3) is 0 Å². The summed E-state index contributed by atoms with van der Waals surface area (Å²) < 4.78 is 0. The van der Waals surface area contributed by atoms with Crippen LogP contribution < -0.4 is 0 Å². The molecule has 1 atom stereocenters. The molecule has 7 heteroatoms. The Labute approximate surface area is 208 Å². The third kappa shape index (κ3) is 4.96. The van der Waals surface area contributed by atoms with Crippen LogP contribution in [0.3, 0.4) is 0 Å².